The Hall–Kier alpha value is -2.15. The molecular formula is C21H36N4O2S. The molecule has 2 aromatic rings. The van der Waals surface area contributed by atoms with Gasteiger partial charge in [0.25, 0.3) is 0 Å². The van der Waals surface area contributed by atoms with Crippen LogP contribution in [0, 0.1) is 27.7 Å². The highest BCUT2D eigenvalue weighted by molar-refractivity contribution is 7.09. The number of amidine groups is 1. The van der Waals surface area contributed by atoms with Crippen LogP contribution < -0.4 is 10.4 Å². The van der Waals surface area contributed by atoms with Gasteiger partial charge < -0.3 is 14.5 Å². The first-order chi connectivity index (χ1) is 12.4. The van der Waals surface area contributed by atoms with E-state index >= 15 is 0 Å². The van der Waals surface area contributed by atoms with Crippen molar-refractivity contribution in [3.63, 3.8) is 0 Å². The molecule has 2 atom stereocenters. The number of pyridine rings is 1. The summed E-state index contributed by atoms with van der Waals surface area (Å²) in [4.78, 5) is 32.0. The number of thiazole rings is 1. The molecule has 3 heterocycles. The predicted molar refractivity (Wildman–Crippen MR) is 122 cm³/mol. The molecule has 158 valence electrons. The molecular weight excluding hydrogens is 372 g/mol. The van der Waals surface area contributed by atoms with Crippen molar-refractivity contribution in [3.05, 3.63) is 54.0 Å². The van der Waals surface area contributed by atoms with Crippen LogP contribution in [0.3, 0.4) is 0 Å². The molecule has 0 saturated heterocycles. The van der Waals surface area contributed by atoms with E-state index in [2.05, 4.69) is 42.7 Å². The SMILES string of the molecule is C.CC1=NC(C)C(C)N1C.Cc1cc(C)[nH]c(=O)c1.Cc1sc(=O)n(C)c1C. The minimum Gasteiger partial charge on any atom is -0.359 e. The third kappa shape index (κ3) is 7.11. The quantitative estimate of drug-likeness (QED) is 0.720. The Bertz CT molecular complexity index is 885. The number of rotatable bonds is 0. The molecule has 0 saturated carbocycles. The number of H-pyrrole nitrogens is 1. The molecule has 0 amide bonds. The van der Waals surface area contributed by atoms with E-state index in [9.17, 15) is 9.59 Å². The number of hydrogen-bond donors (Lipinski definition) is 1. The maximum absolute atomic E-state index is 10.8. The first-order valence-corrected chi connectivity index (χ1v) is 9.83. The molecule has 0 aliphatic carbocycles. The van der Waals surface area contributed by atoms with Crippen LogP contribution in [-0.2, 0) is 7.05 Å². The lowest BCUT2D eigenvalue weighted by Crippen LogP contribution is -2.31. The topological polar surface area (TPSA) is 70.5 Å². The van der Waals surface area contributed by atoms with Gasteiger partial charge in [-0.05, 0) is 60.1 Å². The molecule has 1 aliphatic rings. The van der Waals surface area contributed by atoms with Crippen LogP contribution in [0.2, 0.25) is 0 Å². The van der Waals surface area contributed by atoms with Crippen LogP contribution in [0.5, 0.6) is 0 Å². The molecule has 0 fully saturated rings. The Balaban J connectivity index is 0.000000384. The maximum Gasteiger partial charge on any atom is 0.307 e. The number of likely N-dealkylation sites (N-methyl/N-ethyl adjacent to an activating group) is 1. The molecule has 7 heteroatoms. The molecule has 1 N–H and O–H groups in total. The van der Waals surface area contributed by atoms with Crippen LogP contribution in [0.25, 0.3) is 0 Å². The molecule has 0 bridgehead atoms. The standard InChI is InChI=1S/C7H14N2.C7H9NO.C6H9NOS.CH4/c1-5-6(2)9(4)7(3)8-5;1-5-3-6(2)8-7(9)4-5;1-4-5(2)9-6(8)7(4)3;/h5-6H,1-4H3;3-4H,1-2H3,(H,8,9);1-3H3;1H4. The molecule has 0 spiro atoms. The molecule has 1 aliphatic heterocycles. The second-order valence-corrected chi connectivity index (χ2v) is 8.21. The largest absolute Gasteiger partial charge is 0.359 e. The van der Waals surface area contributed by atoms with Crippen molar-refractivity contribution in [2.45, 2.75) is 68.0 Å². The molecule has 6 nitrogen and oxygen atoms in total. The van der Waals surface area contributed by atoms with Gasteiger partial charge in [-0.3, -0.25) is 14.6 Å². The summed E-state index contributed by atoms with van der Waals surface area (Å²) >= 11 is 1.30. The molecule has 3 rings (SSSR count). The maximum atomic E-state index is 10.8. The predicted octanol–water partition coefficient (Wildman–Crippen LogP) is 3.82. The number of aryl methyl sites for hydroxylation is 3. The lowest BCUT2D eigenvalue weighted by Gasteiger charge is -2.19. The van der Waals surface area contributed by atoms with Crippen LogP contribution >= 0.6 is 11.3 Å². The number of nitrogens with zero attached hydrogens (tertiary/aromatic N) is 3. The number of aliphatic imine (C=N–C) groups is 1. The van der Waals surface area contributed by atoms with E-state index < -0.39 is 0 Å². The second kappa shape index (κ2) is 11.0. The normalized spacial score (nSPS) is 17.6. The van der Waals surface area contributed by atoms with Gasteiger partial charge in [0, 0.05) is 42.5 Å². The second-order valence-electron chi connectivity index (χ2n) is 7.04. The fourth-order valence-corrected chi connectivity index (χ4v) is 3.44. The monoisotopic (exact) mass is 408 g/mol. The van der Waals surface area contributed by atoms with E-state index in [0.717, 1.165) is 27.7 Å². The zero-order valence-electron chi connectivity index (χ0n) is 17.9. The zero-order chi connectivity index (χ0) is 20.9. The highest BCUT2D eigenvalue weighted by atomic mass is 32.1. The van der Waals surface area contributed by atoms with Crippen LogP contribution in [-0.4, -0.2) is 39.4 Å². The average Bonchev–Trinajstić information content (AvgIpc) is 2.91. The Labute approximate surface area is 173 Å². The molecule has 28 heavy (non-hydrogen) atoms. The first-order valence-electron chi connectivity index (χ1n) is 9.01. The van der Waals surface area contributed by atoms with Crippen LogP contribution in [0.4, 0.5) is 0 Å². The highest BCUT2D eigenvalue weighted by Gasteiger charge is 2.23. The average molecular weight is 409 g/mol. The summed E-state index contributed by atoms with van der Waals surface area (Å²) in [6.45, 7) is 14.1. The minimum absolute atomic E-state index is 0. The Morgan fingerprint density at radius 1 is 1.04 bits per heavy atom. The van der Waals surface area contributed by atoms with Gasteiger partial charge in [-0.25, -0.2) is 0 Å². The Kier molecular flexibility index (Phi) is 10.2. The lowest BCUT2D eigenvalue weighted by atomic mass is 10.2. The molecule has 2 unspecified atom stereocenters. The molecule has 0 aromatic carbocycles. The van der Waals surface area contributed by atoms with Crippen molar-refractivity contribution >= 4 is 17.2 Å². The van der Waals surface area contributed by atoms with E-state index in [-0.39, 0.29) is 17.9 Å². The van der Waals surface area contributed by atoms with E-state index in [1.165, 1.54) is 11.3 Å². The van der Waals surface area contributed by atoms with Gasteiger partial charge >= 0.3 is 4.87 Å². The number of nitrogens with one attached hydrogen (secondary N) is 1. The summed E-state index contributed by atoms with van der Waals surface area (Å²) in [5, 5.41) is 0. The smallest absolute Gasteiger partial charge is 0.307 e. The van der Waals surface area contributed by atoms with Crippen molar-refractivity contribution in [1.29, 1.82) is 0 Å². The Morgan fingerprint density at radius 2 is 1.61 bits per heavy atom. The van der Waals surface area contributed by atoms with Gasteiger partial charge in [0.15, 0.2) is 0 Å². The fraction of sp³-hybridized carbons (Fsp3) is 0.571. The lowest BCUT2D eigenvalue weighted by molar-refractivity contribution is 0.386. The summed E-state index contributed by atoms with van der Waals surface area (Å²) < 4.78 is 1.67. The van der Waals surface area contributed by atoms with Crippen molar-refractivity contribution in [2.75, 3.05) is 7.05 Å². The van der Waals surface area contributed by atoms with Crippen molar-refractivity contribution in [2.24, 2.45) is 12.0 Å². The van der Waals surface area contributed by atoms with Gasteiger partial charge in [-0.2, -0.15) is 0 Å². The van der Waals surface area contributed by atoms with Gasteiger partial charge in [0.05, 0.1) is 11.9 Å². The summed E-state index contributed by atoms with van der Waals surface area (Å²) in [7, 11) is 3.88. The van der Waals surface area contributed by atoms with E-state index in [1.54, 1.807) is 17.7 Å². The third-order valence-corrected chi connectivity index (χ3v) is 5.91. The Morgan fingerprint density at radius 3 is 1.82 bits per heavy atom. The van der Waals surface area contributed by atoms with Crippen molar-refractivity contribution < 1.29 is 0 Å². The minimum atomic E-state index is -0.0208. The van der Waals surface area contributed by atoms with Crippen LogP contribution in [0.1, 0.15) is 50.0 Å². The number of hydrogen-bond acceptors (Lipinski definition) is 5. The number of aromatic nitrogens is 2. The summed E-state index contributed by atoms with van der Waals surface area (Å²) in [5.74, 6) is 1.16. The van der Waals surface area contributed by atoms with Gasteiger partial charge in [0.1, 0.15) is 0 Å². The van der Waals surface area contributed by atoms with E-state index in [1.807, 2.05) is 33.8 Å². The number of aromatic amines is 1. The highest BCUT2D eigenvalue weighted by Crippen LogP contribution is 2.13. The van der Waals surface area contributed by atoms with Crippen LogP contribution in [0.15, 0.2) is 26.7 Å². The van der Waals surface area contributed by atoms with Gasteiger partial charge in [-0.1, -0.05) is 18.8 Å². The van der Waals surface area contributed by atoms with Crippen molar-refractivity contribution in [1.82, 2.24) is 14.5 Å². The fourth-order valence-electron chi connectivity index (χ4n) is 2.61. The summed E-state index contributed by atoms with van der Waals surface area (Å²) in [6, 6.07) is 4.58. The summed E-state index contributed by atoms with van der Waals surface area (Å²) in [5.41, 5.74) is 2.98. The zero-order valence-corrected chi connectivity index (χ0v) is 18.7. The van der Waals surface area contributed by atoms with E-state index in [4.69, 9.17) is 0 Å². The summed E-state index contributed by atoms with van der Waals surface area (Å²) in [6.07, 6.45) is 0. The van der Waals surface area contributed by atoms with Gasteiger partial charge in [0.2, 0.25) is 5.56 Å². The third-order valence-electron chi connectivity index (χ3n) is 4.86. The molecule has 0 radical (unpaired) electrons. The molecule has 2 aromatic heterocycles. The first kappa shape index (κ1) is 25.9. The van der Waals surface area contributed by atoms with E-state index in [0.29, 0.717) is 12.1 Å². The van der Waals surface area contributed by atoms with Gasteiger partial charge in [-0.15, -0.1) is 0 Å². The van der Waals surface area contributed by atoms with Crippen molar-refractivity contribution in [3.8, 4) is 0 Å².